The fourth-order valence-electron chi connectivity index (χ4n) is 2.38. The minimum absolute atomic E-state index is 0.0174. The van der Waals surface area contributed by atoms with Gasteiger partial charge in [-0.05, 0) is 42.5 Å². The predicted octanol–water partition coefficient (Wildman–Crippen LogP) is 3.32. The summed E-state index contributed by atoms with van der Waals surface area (Å²) in [5.41, 5.74) is 0. The zero-order valence-electron chi connectivity index (χ0n) is 12.8. The van der Waals surface area contributed by atoms with E-state index in [2.05, 4.69) is 25.2 Å². The van der Waals surface area contributed by atoms with Crippen LogP contribution in [0, 0.1) is 11.8 Å². The van der Waals surface area contributed by atoms with Crippen LogP contribution in [0.5, 0.6) is 0 Å². The molecular formula is C16H25NO3S. The first kappa shape index (κ1) is 17.7. The summed E-state index contributed by atoms with van der Waals surface area (Å²) in [7, 11) is 0. The highest BCUT2D eigenvalue weighted by Crippen LogP contribution is 2.15. The molecule has 0 radical (unpaired) electrons. The second-order valence-electron chi connectivity index (χ2n) is 5.83. The molecule has 0 saturated heterocycles. The molecule has 1 unspecified atom stereocenters. The fraction of sp³-hybridized carbons (Fsp3) is 0.625. The van der Waals surface area contributed by atoms with Crippen molar-refractivity contribution in [3.63, 3.8) is 0 Å². The smallest absolute Gasteiger partial charge is 0.303 e. The van der Waals surface area contributed by atoms with Crippen molar-refractivity contribution in [3.05, 3.63) is 22.4 Å². The lowest BCUT2D eigenvalue weighted by molar-refractivity contribution is -0.138. The highest BCUT2D eigenvalue weighted by Gasteiger charge is 2.16. The number of carbonyl (C=O) groups excluding carboxylic acids is 1. The maximum absolute atomic E-state index is 11.8. The predicted molar refractivity (Wildman–Crippen MR) is 85.5 cm³/mol. The van der Waals surface area contributed by atoms with E-state index >= 15 is 0 Å². The maximum Gasteiger partial charge on any atom is 0.303 e. The van der Waals surface area contributed by atoms with E-state index in [1.165, 1.54) is 4.88 Å². The summed E-state index contributed by atoms with van der Waals surface area (Å²) >= 11 is 1.71. The number of thiophene rings is 1. The van der Waals surface area contributed by atoms with Crippen molar-refractivity contribution in [2.75, 3.05) is 6.54 Å². The minimum Gasteiger partial charge on any atom is -0.481 e. The van der Waals surface area contributed by atoms with Gasteiger partial charge < -0.3 is 10.4 Å². The van der Waals surface area contributed by atoms with Crippen LogP contribution >= 0.6 is 11.3 Å². The average Bonchev–Trinajstić information content (AvgIpc) is 2.88. The number of rotatable bonds is 10. The topological polar surface area (TPSA) is 66.4 Å². The van der Waals surface area contributed by atoms with Crippen molar-refractivity contribution in [2.24, 2.45) is 11.8 Å². The molecule has 0 aliphatic heterocycles. The zero-order valence-corrected chi connectivity index (χ0v) is 13.6. The van der Waals surface area contributed by atoms with E-state index in [0.717, 1.165) is 19.3 Å². The van der Waals surface area contributed by atoms with Crippen molar-refractivity contribution in [1.29, 1.82) is 0 Å². The summed E-state index contributed by atoms with van der Waals surface area (Å²) in [4.78, 5) is 23.9. The highest BCUT2D eigenvalue weighted by atomic mass is 32.1. The number of hydrogen-bond donors (Lipinski definition) is 2. The van der Waals surface area contributed by atoms with Gasteiger partial charge in [-0.15, -0.1) is 11.3 Å². The van der Waals surface area contributed by atoms with Gasteiger partial charge in [-0.1, -0.05) is 19.9 Å². The summed E-state index contributed by atoms with van der Waals surface area (Å²) < 4.78 is 0. The Balaban J connectivity index is 2.23. The van der Waals surface area contributed by atoms with Crippen molar-refractivity contribution in [1.82, 2.24) is 5.32 Å². The van der Waals surface area contributed by atoms with Crippen molar-refractivity contribution in [2.45, 2.75) is 46.0 Å². The van der Waals surface area contributed by atoms with Crippen LogP contribution in [-0.4, -0.2) is 23.5 Å². The molecule has 118 valence electrons. The van der Waals surface area contributed by atoms with Crippen LogP contribution < -0.4 is 5.32 Å². The van der Waals surface area contributed by atoms with Gasteiger partial charge in [-0.3, -0.25) is 9.59 Å². The third-order valence-electron chi connectivity index (χ3n) is 3.26. The van der Waals surface area contributed by atoms with E-state index in [4.69, 9.17) is 5.11 Å². The van der Waals surface area contributed by atoms with E-state index in [-0.39, 0.29) is 18.2 Å². The molecule has 5 heteroatoms. The molecule has 0 saturated carbocycles. The lowest BCUT2D eigenvalue weighted by Gasteiger charge is -2.17. The molecule has 2 N–H and O–H groups in total. The van der Waals surface area contributed by atoms with Crippen LogP contribution in [-0.2, 0) is 16.0 Å². The van der Waals surface area contributed by atoms with Crippen LogP contribution in [0.4, 0.5) is 0 Å². The quantitative estimate of drug-likeness (QED) is 0.696. The maximum atomic E-state index is 11.8. The minimum atomic E-state index is -0.799. The third-order valence-corrected chi connectivity index (χ3v) is 4.20. The van der Waals surface area contributed by atoms with Gasteiger partial charge >= 0.3 is 5.97 Å². The first-order chi connectivity index (χ1) is 9.97. The Hall–Kier alpha value is -1.36. The summed E-state index contributed by atoms with van der Waals surface area (Å²) in [5, 5.41) is 13.8. The van der Waals surface area contributed by atoms with Crippen molar-refractivity contribution >= 4 is 23.2 Å². The third kappa shape index (κ3) is 8.50. The molecule has 1 heterocycles. The number of hydrogen-bond acceptors (Lipinski definition) is 3. The molecular weight excluding hydrogens is 286 g/mol. The van der Waals surface area contributed by atoms with Crippen LogP contribution in [0.15, 0.2) is 17.5 Å². The molecule has 1 rings (SSSR count). The number of aliphatic carboxylic acids is 1. The first-order valence-electron chi connectivity index (χ1n) is 7.48. The Morgan fingerprint density at radius 3 is 2.71 bits per heavy atom. The number of carboxylic acid groups (broad SMARTS) is 1. The molecule has 4 nitrogen and oxygen atoms in total. The Kier molecular flexibility index (Phi) is 8.05. The van der Waals surface area contributed by atoms with Gasteiger partial charge in [0.05, 0.1) is 0 Å². The van der Waals surface area contributed by atoms with Gasteiger partial charge in [0.15, 0.2) is 0 Å². The molecule has 0 fully saturated rings. The van der Waals surface area contributed by atoms with E-state index in [9.17, 15) is 9.59 Å². The van der Waals surface area contributed by atoms with Crippen molar-refractivity contribution in [3.8, 4) is 0 Å². The van der Waals surface area contributed by atoms with Gasteiger partial charge in [0.1, 0.15) is 0 Å². The van der Waals surface area contributed by atoms with Gasteiger partial charge in [0, 0.05) is 24.3 Å². The second-order valence-corrected chi connectivity index (χ2v) is 6.86. The normalized spacial score (nSPS) is 12.3. The summed E-state index contributed by atoms with van der Waals surface area (Å²) in [6.45, 7) is 4.59. The van der Waals surface area contributed by atoms with Crippen LogP contribution in [0.1, 0.15) is 44.4 Å². The summed E-state index contributed by atoms with van der Waals surface area (Å²) in [6.07, 6.45) is 3.20. The molecule has 0 spiro atoms. The van der Waals surface area contributed by atoms with Crippen LogP contribution in [0.3, 0.4) is 0 Å². The number of aryl methyl sites for hydroxylation is 1. The molecule has 1 atom stereocenters. The molecule has 1 aromatic rings. The monoisotopic (exact) mass is 311 g/mol. The van der Waals surface area contributed by atoms with Gasteiger partial charge in [-0.2, -0.15) is 0 Å². The Morgan fingerprint density at radius 1 is 1.38 bits per heavy atom. The van der Waals surface area contributed by atoms with Gasteiger partial charge in [0.25, 0.3) is 0 Å². The van der Waals surface area contributed by atoms with E-state index < -0.39 is 5.97 Å². The SMILES string of the molecule is CC(C)CC(CNC(=O)CCCc1cccs1)CC(=O)O. The molecule has 0 aliphatic rings. The number of nitrogens with one attached hydrogen (secondary N) is 1. The zero-order chi connectivity index (χ0) is 15.7. The highest BCUT2D eigenvalue weighted by molar-refractivity contribution is 7.09. The average molecular weight is 311 g/mol. The molecule has 1 aromatic heterocycles. The van der Waals surface area contributed by atoms with Crippen molar-refractivity contribution < 1.29 is 14.7 Å². The van der Waals surface area contributed by atoms with E-state index in [1.54, 1.807) is 11.3 Å². The number of amides is 1. The lowest BCUT2D eigenvalue weighted by Crippen LogP contribution is -2.31. The van der Waals surface area contributed by atoms with E-state index in [0.29, 0.717) is 18.9 Å². The first-order valence-corrected chi connectivity index (χ1v) is 8.36. The fourth-order valence-corrected chi connectivity index (χ4v) is 3.13. The summed E-state index contributed by atoms with van der Waals surface area (Å²) in [6, 6.07) is 4.09. The van der Waals surface area contributed by atoms with Crippen LogP contribution in [0.25, 0.3) is 0 Å². The number of carboxylic acids is 1. The van der Waals surface area contributed by atoms with Gasteiger partial charge in [0.2, 0.25) is 5.91 Å². The van der Waals surface area contributed by atoms with E-state index in [1.807, 2.05) is 11.4 Å². The summed E-state index contributed by atoms with van der Waals surface area (Å²) in [5.74, 6) is -0.327. The molecule has 21 heavy (non-hydrogen) atoms. The Morgan fingerprint density at radius 2 is 2.14 bits per heavy atom. The molecule has 0 bridgehead atoms. The van der Waals surface area contributed by atoms with Gasteiger partial charge in [-0.25, -0.2) is 0 Å². The Labute approximate surface area is 130 Å². The van der Waals surface area contributed by atoms with Crippen LogP contribution in [0.2, 0.25) is 0 Å². The lowest BCUT2D eigenvalue weighted by atomic mass is 9.94. The second kappa shape index (κ2) is 9.55. The largest absolute Gasteiger partial charge is 0.481 e. The Bertz CT molecular complexity index is 429. The molecule has 0 aliphatic carbocycles. The molecule has 1 amide bonds. The molecule has 0 aromatic carbocycles. The number of carbonyl (C=O) groups is 2. The standard InChI is InChI=1S/C16H25NO3S/c1-12(2)9-13(10-16(19)20)11-17-15(18)7-3-5-14-6-4-8-21-14/h4,6,8,12-13H,3,5,7,9-11H2,1-2H3,(H,17,18)(H,19,20).